The fourth-order valence-electron chi connectivity index (χ4n) is 3.44. The van der Waals surface area contributed by atoms with Crippen molar-refractivity contribution in [2.75, 3.05) is 66.1 Å². The quantitative estimate of drug-likeness (QED) is 0.105. The van der Waals surface area contributed by atoms with Gasteiger partial charge in [0.2, 0.25) is 0 Å². The van der Waals surface area contributed by atoms with Crippen molar-refractivity contribution in [3.63, 3.8) is 0 Å². The molecule has 10 nitrogen and oxygen atoms in total. The highest BCUT2D eigenvalue weighted by molar-refractivity contribution is 5.85. The summed E-state index contributed by atoms with van der Waals surface area (Å²) in [6.45, 7) is 7.39. The number of ether oxygens (including phenoxy) is 6. The molecule has 0 bridgehead atoms. The molecule has 0 fully saturated rings. The second-order valence-electron chi connectivity index (χ2n) is 9.21. The molecule has 0 saturated carbocycles. The summed E-state index contributed by atoms with van der Waals surface area (Å²) in [6.07, 6.45) is 10.4. The molecule has 0 radical (unpaired) electrons. The molecule has 0 saturated heterocycles. The monoisotopic (exact) mass is 550 g/mol. The van der Waals surface area contributed by atoms with Gasteiger partial charge >= 0.3 is 11.9 Å². The summed E-state index contributed by atoms with van der Waals surface area (Å²) in [5.41, 5.74) is 0. The Morgan fingerprint density at radius 3 is 1.11 bits per heavy atom. The second kappa shape index (κ2) is 28.7. The molecule has 0 aromatic heterocycles. The van der Waals surface area contributed by atoms with Crippen LogP contribution in [0.3, 0.4) is 0 Å². The van der Waals surface area contributed by atoms with Crippen LogP contribution in [0.15, 0.2) is 0 Å². The number of unbranched alkanes of at least 4 members (excludes halogenated alkanes) is 10. The van der Waals surface area contributed by atoms with Gasteiger partial charge < -0.3 is 38.6 Å². The van der Waals surface area contributed by atoms with Crippen LogP contribution >= 0.6 is 0 Å². The largest absolute Gasteiger partial charge is 0.461 e. The highest BCUT2D eigenvalue weighted by Gasteiger charge is 2.32. The Bertz CT molecular complexity index is 486. The molecule has 226 valence electrons. The number of aliphatic hydroxyl groups is 2. The van der Waals surface area contributed by atoms with E-state index in [1.165, 1.54) is 64.2 Å². The van der Waals surface area contributed by atoms with Crippen molar-refractivity contribution < 1.29 is 48.2 Å². The maximum absolute atomic E-state index is 11.8. The number of esters is 2. The maximum Gasteiger partial charge on any atom is 0.338 e. The van der Waals surface area contributed by atoms with Crippen molar-refractivity contribution in [2.45, 2.75) is 103 Å². The Morgan fingerprint density at radius 1 is 0.447 bits per heavy atom. The van der Waals surface area contributed by atoms with Crippen molar-refractivity contribution >= 4 is 11.9 Å². The van der Waals surface area contributed by atoms with Gasteiger partial charge in [-0.3, -0.25) is 0 Å². The summed E-state index contributed by atoms with van der Waals surface area (Å²) in [6, 6.07) is 0. The number of hydrogen-bond acceptors (Lipinski definition) is 10. The van der Waals surface area contributed by atoms with Crippen LogP contribution in [0.1, 0.15) is 90.9 Å². The zero-order valence-corrected chi connectivity index (χ0v) is 23.9. The molecule has 0 aliphatic heterocycles. The number of rotatable bonds is 29. The Balaban J connectivity index is 3.58. The lowest BCUT2D eigenvalue weighted by molar-refractivity contribution is -0.174. The Hall–Kier alpha value is -1.30. The van der Waals surface area contributed by atoms with Crippen molar-refractivity contribution in [3.8, 4) is 0 Å². The van der Waals surface area contributed by atoms with Gasteiger partial charge in [-0.1, -0.05) is 78.1 Å². The highest BCUT2D eigenvalue weighted by atomic mass is 16.6. The molecule has 2 unspecified atom stereocenters. The van der Waals surface area contributed by atoms with Crippen LogP contribution < -0.4 is 0 Å². The zero-order chi connectivity index (χ0) is 28.1. The molecule has 0 aromatic rings. The molecule has 0 aliphatic rings. The first-order valence-electron chi connectivity index (χ1n) is 14.5. The molecule has 2 atom stereocenters. The third-order valence-corrected chi connectivity index (χ3v) is 5.75. The average Bonchev–Trinajstić information content (AvgIpc) is 2.92. The maximum atomic E-state index is 11.8. The summed E-state index contributed by atoms with van der Waals surface area (Å²) in [4.78, 5) is 23.6. The summed E-state index contributed by atoms with van der Waals surface area (Å²) in [7, 11) is 0. The molecule has 0 aromatic carbocycles. The number of carbonyl (C=O) groups is 2. The molecular formula is C28H54O10. The fourth-order valence-corrected chi connectivity index (χ4v) is 3.44. The van der Waals surface area contributed by atoms with Gasteiger partial charge in [-0.15, -0.1) is 0 Å². The molecule has 0 amide bonds. The van der Waals surface area contributed by atoms with Crippen LogP contribution in [0.4, 0.5) is 0 Å². The second-order valence-corrected chi connectivity index (χ2v) is 9.21. The molecule has 0 heterocycles. The first kappa shape index (κ1) is 36.7. The molecular weight excluding hydrogens is 496 g/mol. The lowest BCUT2D eigenvalue weighted by Crippen LogP contribution is -2.42. The van der Waals surface area contributed by atoms with Gasteiger partial charge in [0, 0.05) is 13.2 Å². The lowest BCUT2D eigenvalue weighted by Gasteiger charge is -2.16. The highest BCUT2D eigenvalue weighted by Crippen LogP contribution is 2.06. The van der Waals surface area contributed by atoms with E-state index in [4.69, 9.17) is 28.4 Å². The van der Waals surface area contributed by atoms with Gasteiger partial charge in [-0.2, -0.15) is 0 Å². The van der Waals surface area contributed by atoms with Gasteiger partial charge in [0.05, 0.1) is 39.6 Å². The van der Waals surface area contributed by atoms with E-state index in [1.807, 2.05) is 0 Å². The Morgan fingerprint density at radius 2 is 0.737 bits per heavy atom. The minimum atomic E-state index is -2.04. The molecule has 0 spiro atoms. The van der Waals surface area contributed by atoms with Crippen molar-refractivity contribution in [1.29, 1.82) is 0 Å². The van der Waals surface area contributed by atoms with E-state index >= 15 is 0 Å². The Kier molecular flexibility index (Phi) is 27.7. The van der Waals surface area contributed by atoms with Gasteiger partial charge in [-0.05, 0) is 12.8 Å². The summed E-state index contributed by atoms with van der Waals surface area (Å²) < 4.78 is 31.2. The predicted octanol–water partition coefficient (Wildman–Crippen LogP) is 3.58. The van der Waals surface area contributed by atoms with Crippen LogP contribution in [0, 0.1) is 0 Å². The zero-order valence-electron chi connectivity index (χ0n) is 23.9. The third kappa shape index (κ3) is 23.8. The lowest BCUT2D eigenvalue weighted by atomic mass is 10.1. The molecule has 0 rings (SSSR count). The molecule has 10 heteroatoms. The average molecular weight is 551 g/mol. The number of carbonyl (C=O) groups excluding carboxylic acids is 2. The van der Waals surface area contributed by atoms with Crippen LogP contribution in [0.2, 0.25) is 0 Å². The van der Waals surface area contributed by atoms with Crippen LogP contribution in [-0.2, 0) is 38.0 Å². The third-order valence-electron chi connectivity index (χ3n) is 5.75. The van der Waals surface area contributed by atoms with E-state index in [9.17, 15) is 19.8 Å². The van der Waals surface area contributed by atoms with E-state index in [1.54, 1.807) is 0 Å². The van der Waals surface area contributed by atoms with Gasteiger partial charge in [-0.25, -0.2) is 9.59 Å². The SMILES string of the molecule is CCCCCCCCOCCOCCOC(=O)C(O)C(O)C(=O)OCCOCCOCCCCCCCC. The summed E-state index contributed by atoms with van der Waals surface area (Å²) in [5.74, 6) is -2.26. The predicted molar refractivity (Wildman–Crippen MR) is 144 cm³/mol. The van der Waals surface area contributed by atoms with Gasteiger partial charge in [0.15, 0.2) is 12.2 Å². The van der Waals surface area contributed by atoms with E-state index in [2.05, 4.69) is 13.8 Å². The number of hydrogen-bond donors (Lipinski definition) is 2. The topological polar surface area (TPSA) is 130 Å². The fraction of sp³-hybridized carbons (Fsp3) is 0.929. The first-order valence-corrected chi connectivity index (χ1v) is 14.5. The molecule has 2 N–H and O–H groups in total. The molecule has 0 aliphatic carbocycles. The van der Waals surface area contributed by atoms with E-state index in [-0.39, 0.29) is 26.4 Å². The van der Waals surface area contributed by atoms with E-state index in [0.717, 1.165) is 12.8 Å². The summed E-state index contributed by atoms with van der Waals surface area (Å²) >= 11 is 0. The smallest absolute Gasteiger partial charge is 0.338 e. The number of aliphatic hydroxyl groups excluding tert-OH is 2. The standard InChI is InChI=1S/C28H54O10/c1-3-5-7-9-11-13-15-33-17-19-35-21-23-37-27(31)25(29)26(30)28(32)38-24-22-36-20-18-34-16-14-12-10-8-6-4-2/h25-26,29-30H,3-24H2,1-2H3. The minimum absolute atomic E-state index is 0.111. The first-order chi connectivity index (χ1) is 18.5. The summed E-state index contributed by atoms with van der Waals surface area (Å²) in [5, 5.41) is 19.6. The Labute approximate surface area is 229 Å². The van der Waals surface area contributed by atoms with E-state index in [0.29, 0.717) is 39.6 Å². The van der Waals surface area contributed by atoms with E-state index < -0.39 is 24.1 Å². The van der Waals surface area contributed by atoms with Gasteiger partial charge in [0.25, 0.3) is 0 Å². The normalized spacial score (nSPS) is 12.8. The van der Waals surface area contributed by atoms with Crippen LogP contribution in [0.25, 0.3) is 0 Å². The molecule has 38 heavy (non-hydrogen) atoms. The minimum Gasteiger partial charge on any atom is -0.461 e. The van der Waals surface area contributed by atoms with Crippen LogP contribution in [0.5, 0.6) is 0 Å². The van der Waals surface area contributed by atoms with Crippen LogP contribution in [-0.4, -0.2) is 100 Å². The van der Waals surface area contributed by atoms with Crippen molar-refractivity contribution in [2.24, 2.45) is 0 Å². The van der Waals surface area contributed by atoms with Crippen molar-refractivity contribution in [3.05, 3.63) is 0 Å². The van der Waals surface area contributed by atoms with Crippen molar-refractivity contribution in [1.82, 2.24) is 0 Å². The van der Waals surface area contributed by atoms with Gasteiger partial charge in [0.1, 0.15) is 13.2 Å².